The van der Waals surface area contributed by atoms with Crippen molar-refractivity contribution in [1.82, 2.24) is 10.2 Å². The third-order valence-corrected chi connectivity index (χ3v) is 5.94. The number of nitrogens with two attached hydrogens (primary N) is 1. The first-order valence-electron chi connectivity index (χ1n) is 7.40. The van der Waals surface area contributed by atoms with E-state index in [9.17, 15) is 8.42 Å². The molecule has 0 aliphatic heterocycles. The number of nitrogens with one attached hydrogen (secondary N) is 1. The van der Waals surface area contributed by atoms with E-state index in [0.29, 0.717) is 4.90 Å². The SMILES string of the molecule is CC(C)(N)c1cc(-c2ccc(-c3cccc(S(C)(=O)=O)c3)s2)n[nH]1. The monoisotopic (exact) mass is 361 g/mol. The summed E-state index contributed by atoms with van der Waals surface area (Å²) in [4.78, 5) is 2.32. The number of nitrogens with zero attached hydrogens (tertiary/aromatic N) is 1. The van der Waals surface area contributed by atoms with E-state index in [1.54, 1.807) is 29.5 Å². The van der Waals surface area contributed by atoms with Crippen LogP contribution < -0.4 is 5.73 Å². The second kappa shape index (κ2) is 5.84. The second-order valence-electron chi connectivity index (χ2n) is 6.35. The lowest BCUT2D eigenvalue weighted by molar-refractivity contribution is 0.533. The summed E-state index contributed by atoms with van der Waals surface area (Å²) in [5.74, 6) is 0. The summed E-state index contributed by atoms with van der Waals surface area (Å²) in [6.07, 6.45) is 1.21. The van der Waals surface area contributed by atoms with Gasteiger partial charge < -0.3 is 5.73 Å². The lowest BCUT2D eigenvalue weighted by atomic mass is 10.0. The molecule has 0 atom stereocenters. The van der Waals surface area contributed by atoms with E-state index in [4.69, 9.17) is 5.73 Å². The average Bonchev–Trinajstić information content (AvgIpc) is 3.15. The number of hydrogen-bond donors (Lipinski definition) is 2. The molecule has 0 unspecified atom stereocenters. The van der Waals surface area contributed by atoms with E-state index in [2.05, 4.69) is 10.2 Å². The standard InChI is InChI=1S/C17H19N3O2S2/c1-17(2,18)16-10-13(19-20-16)15-8-7-14(23-15)11-5-4-6-12(9-11)24(3,21)22/h4-10H,18H2,1-3H3,(H,19,20). The van der Waals surface area contributed by atoms with Crippen molar-refractivity contribution >= 4 is 21.2 Å². The van der Waals surface area contributed by atoms with Gasteiger partial charge in [-0.15, -0.1) is 11.3 Å². The van der Waals surface area contributed by atoms with Gasteiger partial charge in [-0.3, -0.25) is 5.10 Å². The van der Waals surface area contributed by atoms with Crippen LogP contribution in [0, 0.1) is 0 Å². The van der Waals surface area contributed by atoms with Crippen molar-refractivity contribution in [2.24, 2.45) is 5.73 Å². The van der Waals surface area contributed by atoms with Gasteiger partial charge in [0.2, 0.25) is 0 Å². The quantitative estimate of drug-likeness (QED) is 0.745. The van der Waals surface area contributed by atoms with Crippen LogP contribution in [-0.2, 0) is 15.4 Å². The Hall–Kier alpha value is -1.96. The molecule has 2 heterocycles. The molecule has 7 heteroatoms. The number of aromatic amines is 1. The fraction of sp³-hybridized carbons (Fsp3) is 0.235. The molecule has 2 aromatic heterocycles. The topological polar surface area (TPSA) is 88.8 Å². The summed E-state index contributed by atoms with van der Waals surface area (Å²) in [5, 5.41) is 7.30. The molecule has 0 saturated carbocycles. The molecular formula is C17H19N3O2S2. The number of thiophene rings is 1. The van der Waals surface area contributed by atoms with Gasteiger partial charge in [0, 0.05) is 11.1 Å². The molecule has 0 spiro atoms. The van der Waals surface area contributed by atoms with Gasteiger partial charge in [0.25, 0.3) is 0 Å². The molecule has 0 saturated heterocycles. The van der Waals surface area contributed by atoms with E-state index >= 15 is 0 Å². The highest BCUT2D eigenvalue weighted by Crippen LogP contribution is 2.35. The van der Waals surface area contributed by atoms with Gasteiger partial charge in [0.15, 0.2) is 9.84 Å². The Kier molecular flexibility index (Phi) is 4.11. The molecule has 3 N–H and O–H groups in total. The van der Waals surface area contributed by atoms with Gasteiger partial charge in [0.05, 0.1) is 21.0 Å². The highest BCUT2D eigenvalue weighted by molar-refractivity contribution is 7.90. The fourth-order valence-electron chi connectivity index (χ4n) is 2.29. The van der Waals surface area contributed by atoms with E-state index in [-0.39, 0.29) is 0 Å². The Bertz CT molecular complexity index is 979. The zero-order valence-corrected chi connectivity index (χ0v) is 15.3. The second-order valence-corrected chi connectivity index (χ2v) is 9.45. The van der Waals surface area contributed by atoms with Crippen LogP contribution in [0.25, 0.3) is 21.0 Å². The molecule has 3 aromatic rings. The molecule has 3 rings (SSSR count). The average molecular weight is 361 g/mol. The van der Waals surface area contributed by atoms with Crippen LogP contribution in [0.4, 0.5) is 0 Å². The van der Waals surface area contributed by atoms with E-state index in [0.717, 1.165) is 26.7 Å². The maximum atomic E-state index is 11.7. The minimum Gasteiger partial charge on any atom is -0.321 e. The van der Waals surface area contributed by atoms with Crippen LogP contribution in [0.1, 0.15) is 19.5 Å². The minimum absolute atomic E-state index is 0.321. The maximum Gasteiger partial charge on any atom is 0.175 e. The third kappa shape index (κ3) is 3.43. The number of rotatable bonds is 4. The van der Waals surface area contributed by atoms with Gasteiger partial charge in [-0.2, -0.15) is 5.10 Å². The van der Waals surface area contributed by atoms with Crippen molar-refractivity contribution in [2.45, 2.75) is 24.3 Å². The van der Waals surface area contributed by atoms with Crippen molar-refractivity contribution in [3.8, 4) is 21.0 Å². The van der Waals surface area contributed by atoms with E-state index in [1.807, 2.05) is 38.1 Å². The molecule has 0 radical (unpaired) electrons. The molecule has 0 bridgehead atoms. The molecule has 1 aromatic carbocycles. The molecule has 0 fully saturated rings. The summed E-state index contributed by atoms with van der Waals surface area (Å²) in [7, 11) is -3.22. The Labute approximate surface area is 145 Å². The van der Waals surface area contributed by atoms with Crippen LogP contribution in [0.5, 0.6) is 0 Å². The van der Waals surface area contributed by atoms with Gasteiger partial charge in [-0.05, 0) is 49.7 Å². The normalized spacial score (nSPS) is 12.5. The van der Waals surface area contributed by atoms with Crippen LogP contribution in [0.2, 0.25) is 0 Å². The van der Waals surface area contributed by atoms with Crippen molar-refractivity contribution in [1.29, 1.82) is 0 Å². The van der Waals surface area contributed by atoms with Crippen LogP contribution >= 0.6 is 11.3 Å². The van der Waals surface area contributed by atoms with E-state index < -0.39 is 15.4 Å². The molecule has 5 nitrogen and oxygen atoms in total. The van der Waals surface area contributed by atoms with Gasteiger partial charge in [-0.25, -0.2) is 8.42 Å². The van der Waals surface area contributed by atoms with Crippen molar-refractivity contribution in [3.63, 3.8) is 0 Å². The Morgan fingerprint density at radius 1 is 1.12 bits per heavy atom. The highest BCUT2D eigenvalue weighted by atomic mass is 32.2. The summed E-state index contributed by atoms with van der Waals surface area (Å²) in [5.41, 5.74) is 8.18. The van der Waals surface area contributed by atoms with Crippen LogP contribution in [0.3, 0.4) is 0 Å². The minimum atomic E-state index is -3.22. The molecule has 126 valence electrons. The summed E-state index contributed by atoms with van der Waals surface area (Å²) >= 11 is 1.56. The van der Waals surface area contributed by atoms with E-state index in [1.165, 1.54) is 6.26 Å². The van der Waals surface area contributed by atoms with Gasteiger partial charge in [-0.1, -0.05) is 12.1 Å². The lowest BCUT2D eigenvalue weighted by Crippen LogP contribution is -2.28. The number of sulfone groups is 1. The molecule has 0 aliphatic carbocycles. The lowest BCUT2D eigenvalue weighted by Gasteiger charge is -2.14. The van der Waals surface area contributed by atoms with Crippen LogP contribution in [0.15, 0.2) is 47.4 Å². The largest absolute Gasteiger partial charge is 0.321 e. The predicted octanol–water partition coefficient (Wildman–Crippen LogP) is 3.40. The Morgan fingerprint density at radius 2 is 1.83 bits per heavy atom. The van der Waals surface area contributed by atoms with Crippen molar-refractivity contribution in [3.05, 3.63) is 48.2 Å². The highest BCUT2D eigenvalue weighted by Gasteiger charge is 2.18. The predicted molar refractivity (Wildman–Crippen MR) is 97.7 cm³/mol. The molecular weight excluding hydrogens is 342 g/mol. The number of aromatic nitrogens is 2. The maximum absolute atomic E-state index is 11.7. The molecule has 0 amide bonds. The smallest absolute Gasteiger partial charge is 0.175 e. The first kappa shape index (κ1) is 16.9. The summed E-state index contributed by atoms with van der Waals surface area (Å²) in [6.45, 7) is 3.83. The molecule has 0 aliphatic rings. The Morgan fingerprint density at radius 3 is 2.46 bits per heavy atom. The number of benzene rings is 1. The molecule has 24 heavy (non-hydrogen) atoms. The first-order chi connectivity index (χ1) is 11.1. The van der Waals surface area contributed by atoms with Gasteiger partial charge >= 0.3 is 0 Å². The first-order valence-corrected chi connectivity index (χ1v) is 10.1. The summed E-state index contributed by atoms with van der Waals surface area (Å²) < 4.78 is 23.4. The fourth-order valence-corrected chi connectivity index (χ4v) is 3.92. The van der Waals surface area contributed by atoms with Crippen molar-refractivity contribution in [2.75, 3.05) is 6.26 Å². The Balaban J connectivity index is 1.96. The van der Waals surface area contributed by atoms with Crippen molar-refractivity contribution < 1.29 is 8.42 Å². The van der Waals surface area contributed by atoms with Gasteiger partial charge in [0.1, 0.15) is 5.69 Å². The summed E-state index contributed by atoms with van der Waals surface area (Å²) in [6, 6.07) is 12.9. The third-order valence-electron chi connectivity index (χ3n) is 3.68. The zero-order chi connectivity index (χ0) is 17.5. The zero-order valence-electron chi connectivity index (χ0n) is 13.7. The number of hydrogen-bond acceptors (Lipinski definition) is 5. The number of H-pyrrole nitrogens is 1. The van der Waals surface area contributed by atoms with Crippen LogP contribution in [-0.4, -0.2) is 24.9 Å².